The fraction of sp³-hybridized carbons (Fsp3) is 0.562. The van der Waals surface area contributed by atoms with Crippen LogP contribution in [0, 0.1) is 0 Å². The molecule has 0 aromatic heterocycles. The van der Waals surface area contributed by atoms with E-state index in [1.165, 1.54) is 11.1 Å². The summed E-state index contributed by atoms with van der Waals surface area (Å²) < 4.78 is 0. The van der Waals surface area contributed by atoms with E-state index < -0.39 is 6.10 Å². The number of likely N-dealkylation sites (tertiary alicyclic amines) is 1. The van der Waals surface area contributed by atoms with Gasteiger partial charge in [0.05, 0.1) is 6.10 Å². The average molecular weight is 274 g/mol. The Hall–Kier alpha value is -1.39. The summed E-state index contributed by atoms with van der Waals surface area (Å²) in [7, 11) is 0. The molecule has 1 aromatic carbocycles. The van der Waals surface area contributed by atoms with Crippen LogP contribution in [-0.4, -0.2) is 46.6 Å². The summed E-state index contributed by atoms with van der Waals surface area (Å²) in [5.41, 5.74) is 2.71. The number of amides is 1. The predicted octanol–water partition coefficient (Wildman–Crippen LogP) is 1.38. The van der Waals surface area contributed by atoms with Gasteiger partial charge < -0.3 is 10.0 Å². The maximum Gasteiger partial charge on any atom is 0.222 e. The molecule has 1 amide bonds. The quantitative estimate of drug-likeness (QED) is 0.902. The summed E-state index contributed by atoms with van der Waals surface area (Å²) in [5.74, 6) is 0.194. The molecule has 4 nitrogen and oxygen atoms in total. The van der Waals surface area contributed by atoms with Gasteiger partial charge in [-0.2, -0.15) is 0 Å². The van der Waals surface area contributed by atoms with Crippen molar-refractivity contribution in [3.8, 4) is 0 Å². The van der Waals surface area contributed by atoms with Crippen molar-refractivity contribution in [2.24, 2.45) is 0 Å². The summed E-state index contributed by atoms with van der Waals surface area (Å²) >= 11 is 0. The molecular weight excluding hydrogens is 252 g/mol. The molecule has 0 unspecified atom stereocenters. The van der Waals surface area contributed by atoms with E-state index >= 15 is 0 Å². The third kappa shape index (κ3) is 3.02. The lowest BCUT2D eigenvalue weighted by Crippen LogP contribution is -2.43. The third-order valence-electron chi connectivity index (χ3n) is 4.23. The van der Waals surface area contributed by atoms with Gasteiger partial charge in [-0.3, -0.25) is 9.69 Å². The van der Waals surface area contributed by atoms with Crippen LogP contribution in [0.25, 0.3) is 0 Å². The molecule has 2 heterocycles. The summed E-state index contributed by atoms with van der Waals surface area (Å²) in [5, 5.41) is 10.2. The van der Waals surface area contributed by atoms with Crippen LogP contribution < -0.4 is 0 Å². The lowest BCUT2D eigenvalue weighted by molar-refractivity contribution is -0.134. The second kappa shape index (κ2) is 5.94. The molecule has 0 radical (unpaired) electrons. The number of hydrogen-bond donors (Lipinski definition) is 1. The number of piperidine rings is 1. The van der Waals surface area contributed by atoms with E-state index in [4.69, 9.17) is 0 Å². The summed E-state index contributed by atoms with van der Waals surface area (Å²) in [6.07, 6.45) is 2.24. The van der Waals surface area contributed by atoms with Crippen LogP contribution in [0.3, 0.4) is 0 Å². The Bertz CT molecular complexity index is 464. The van der Waals surface area contributed by atoms with Crippen molar-refractivity contribution in [2.45, 2.75) is 38.5 Å². The zero-order valence-electron chi connectivity index (χ0n) is 11.8. The number of aliphatic hydroxyl groups excluding tert-OH is 1. The average Bonchev–Trinajstić information content (AvgIpc) is 2.83. The number of benzene rings is 1. The standard InChI is InChI=1S/C16H22N2O2/c19-15(12-18-8-4-3-7-16(18)20)11-17-9-13-5-1-2-6-14(13)10-17/h1-2,5-6,15,19H,3-4,7-12H2/t15-/m0/s1. The summed E-state index contributed by atoms with van der Waals surface area (Å²) in [4.78, 5) is 15.8. The highest BCUT2D eigenvalue weighted by Crippen LogP contribution is 2.22. The molecule has 0 aliphatic carbocycles. The van der Waals surface area contributed by atoms with Crippen LogP contribution in [0.5, 0.6) is 0 Å². The van der Waals surface area contributed by atoms with Gasteiger partial charge in [0.25, 0.3) is 0 Å². The fourth-order valence-electron chi connectivity index (χ4n) is 3.20. The summed E-state index contributed by atoms with van der Waals surface area (Å²) in [6.45, 7) is 3.72. The summed E-state index contributed by atoms with van der Waals surface area (Å²) in [6, 6.07) is 8.42. The molecule has 1 fully saturated rings. The lowest BCUT2D eigenvalue weighted by atomic mass is 10.1. The molecule has 1 atom stereocenters. The van der Waals surface area contributed by atoms with E-state index in [2.05, 4.69) is 29.2 Å². The highest BCUT2D eigenvalue weighted by Gasteiger charge is 2.24. The van der Waals surface area contributed by atoms with Crippen molar-refractivity contribution < 1.29 is 9.90 Å². The van der Waals surface area contributed by atoms with E-state index in [-0.39, 0.29) is 5.91 Å². The molecule has 20 heavy (non-hydrogen) atoms. The minimum absolute atomic E-state index is 0.194. The minimum Gasteiger partial charge on any atom is -0.390 e. The van der Waals surface area contributed by atoms with E-state index in [1.807, 2.05) is 4.90 Å². The molecule has 1 N–H and O–H groups in total. The van der Waals surface area contributed by atoms with Crippen molar-refractivity contribution in [3.63, 3.8) is 0 Å². The molecule has 0 bridgehead atoms. The van der Waals surface area contributed by atoms with Crippen LogP contribution in [0.1, 0.15) is 30.4 Å². The molecule has 2 aliphatic heterocycles. The van der Waals surface area contributed by atoms with Gasteiger partial charge in [-0.25, -0.2) is 0 Å². The first kappa shape index (κ1) is 13.6. The minimum atomic E-state index is -0.452. The van der Waals surface area contributed by atoms with Gasteiger partial charge in [-0.1, -0.05) is 24.3 Å². The molecule has 1 aromatic rings. The normalized spacial score (nSPS) is 21.1. The van der Waals surface area contributed by atoms with Crippen molar-refractivity contribution in [3.05, 3.63) is 35.4 Å². The molecule has 0 spiro atoms. The topological polar surface area (TPSA) is 43.8 Å². The van der Waals surface area contributed by atoms with Gasteiger partial charge in [0, 0.05) is 39.1 Å². The highest BCUT2D eigenvalue weighted by molar-refractivity contribution is 5.76. The molecule has 4 heteroatoms. The van der Waals surface area contributed by atoms with Crippen LogP contribution in [0.15, 0.2) is 24.3 Å². The predicted molar refractivity (Wildman–Crippen MR) is 77.0 cm³/mol. The van der Waals surface area contributed by atoms with Crippen molar-refractivity contribution in [1.29, 1.82) is 0 Å². The van der Waals surface area contributed by atoms with E-state index in [1.54, 1.807) is 0 Å². The van der Waals surface area contributed by atoms with E-state index in [0.29, 0.717) is 19.5 Å². The van der Waals surface area contributed by atoms with Crippen LogP contribution in [0.4, 0.5) is 0 Å². The molecule has 2 aliphatic rings. The Morgan fingerprint density at radius 2 is 1.80 bits per heavy atom. The highest BCUT2D eigenvalue weighted by atomic mass is 16.3. The second-order valence-corrected chi connectivity index (χ2v) is 5.89. The van der Waals surface area contributed by atoms with Crippen molar-refractivity contribution in [1.82, 2.24) is 9.80 Å². The van der Waals surface area contributed by atoms with Crippen molar-refractivity contribution in [2.75, 3.05) is 19.6 Å². The molecular formula is C16H22N2O2. The fourth-order valence-corrected chi connectivity index (χ4v) is 3.20. The smallest absolute Gasteiger partial charge is 0.222 e. The first-order valence-electron chi connectivity index (χ1n) is 7.47. The Morgan fingerprint density at radius 1 is 1.10 bits per heavy atom. The Morgan fingerprint density at radius 3 is 2.45 bits per heavy atom. The van der Waals surface area contributed by atoms with E-state index in [0.717, 1.165) is 32.5 Å². The lowest BCUT2D eigenvalue weighted by Gasteiger charge is -2.30. The monoisotopic (exact) mass is 274 g/mol. The van der Waals surface area contributed by atoms with Crippen LogP contribution in [-0.2, 0) is 17.9 Å². The number of nitrogens with zero attached hydrogens (tertiary/aromatic N) is 2. The zero-order valence-corrected chi connectivity index (χ0v) is 11.8. The van der Waals surface area contributed by atoms with Crippen LogP contribution in [0.2, 0.25) is 0 Å². The Labute approximate surface area is 120 Å². The van der Waals surface area contributed by atoms with Gasteiger partial charge in [-0.05, 0) is 24.0 Å². The number of fused-ring (bicyclic) bond motifs is 1. The number of rotatable bonds is 4. The first-order valence-corrected chi connectivity index (χ1v) is 7.47. The van der Waals surface area contributed by atoms with E-state index in [9.17, 15) is 9.90 Å². The van der Waals surface area contributed by atoms with Gasteiger partial charge in [0.2, 0.25) is 5.91 Å². The number of carbonyl (C=O) groups excluding carboxylic acids is 1. The van der Waals surface area contributed by atoms with Gasteiger partial charge in [0.1, 0.15) is 0 Å². The molecule has 108 valence electrons. The van der Waals surface area contributed by atoms with Crippen LogP contribution >= 0.6 is 0 Å². The number of β-amino-alcohol motifs (C(OH)–C–C–N with tert-alkyl or cyclic N) is 1. The van der Waals surface area contributed by atoms with Crippen molar-refractivity contribution >= 4 is 5.91 Å². The number of carbonyl (C=O) groups is 1. The maximum absolute atomic E-state index is 11.7. The Kier molecular flexibility index (Phi) is 4.03. The SMILES string of the molecule is O=C1CCCCN1C[C@@H](O)CN1Cc2ccccc2C1. The molecule has 0 saturated carbocycles. The Balaban J connectivity index is 1.50. The largest absolute Gasteiger partial charge is 0.390 e. The maximum atomic E-state index is 11.7. The van der Waals surface area contributed by atoms with Gasteiger partial charge >= 0.3 is 0 Å². The second-order valence-electron chi connectivity index (χ2n) is 5.89. The van der Waals surface area contributed by atoms with Gasteiger partial charge in [0.15, 0.2) is 0 Å². The zero-order chi connectivity index (χ0) is 13.9. The third-order valence-corrected chi connectivity index (χ3v) is 4.23. The number of hydrogen-bond acceptors (Lipinski definition) is 3. The number of aliphatic hydroxyl groups is 1. The molecule has 1 saturated heterocycles. The molecule has 3 rings (SSSR count). The van der Waals surface area contributed by atoms with Gasteiger partial charge in [-0.15, -0.1) is 0 Å². The first-order chi connectivity index (χ1) is 9.72.